The predicted molar refractivity (Wildman–Crippen MR) is 69.3 cm³/mol. The molecule has 0 amide bonds. The van der Waals surface area contributed by atoms with Gasteiger partial charge in [-0.3, -0.25) is 0 Å². The van der Waals surface area contributed by atoms with E-state index >= 15 is 0 Å². The Morgan fingerprint density at radius 2 is 2.00 bits per heavy atom. The molecule has 1 heterocycles. The molecular formula is C13H15FN4. The summed E-state index contributed by atoms with van der Waals surface area (Å²) in [6.45, 7) is 0.726. The maximum atomic E-state index is 13.1. The average molecular weight is 246 g/mol. The van der Waals surface area contributed by atoms with Crippen LogP contribution in [-0.2, 0) is 6.54 Å². The Hall–Kier alpha value is -2.01. The van der Waals surface area contributed by atoms with E-state index in [2.05, 4.69) is 15.3 Å². The molecule has 0 aliphatic rings. The van der Waals surface area contributed by atoms with Crippen LogP contribution in [0.4, 0.5) is 16.0 Å². The third kappa shape index (κ3) is 2.81. The summed E-state index contributed by atoms with van der Waals surface area (Å²) in [5.41, 5.74) is 1.73. The number of anilines is 2. The monoisotopic (exact) mass is 246 g/mol. The lowest BCUT2D eigenvalue weighted by Gasteiger charge is -2.17. The van der Waals surface area contributed by atoms with Crippen molar-refractivity contribution in [2.75, 3.05) is 19.0 Å². The maximum Gasteiger partial charge on any atom is 0.229 e. The smallest absolute Gasteiger partial charge is 0.229 e. The van der Waals surface area contributed by atoms with E-state index < -0.39 is 0 Å². The molecule has 0 bridgehead atoms. The fraction of sp³-hybridized carbons (Fsp3) is 0.231. The zero-order valence-corrected chi connectivity index (χ0v) is 10.4. The van der Waals surface area contributed by atoms with Gasteiger partial charge in [0, 0.05) is 37.2 Å². The molecular weight excluding hydrogens is 231 g/mol. The lowest BCUT2D eigenvalue weighted by Crippen LogP contribution is -2.14. The van der Waals surface area contributed by atoms with Crippen molar-refractivity contribution < 1.29 is 4.39 Å². The molecule has 18 heavy (non-hydrogen) atoms. The lowest BCUT2D eigenvalue weighted by molar-refractivity contribution is 0.628. The van der Waals surface area contributed by atoms with Crippen LogP contribution >= 0.6 is 0 Å². The van der Waals surface area contributed by atoms with Crippen LogP contribution in [0.2, 0.25) is 0 Å². The first-order valence-electron chi connectivity index (χ1n) is 5.65. The van der Waals surface area contributed by atoms with Crippen LogP contribution in [-0.4, -0.2) is 24.1 Å². The Labute approximate surface area is 105 Å². The third-order valence-electron chi connectivity index (χ3n) is 2.57. The van der Waals surface area contributed by atoms with Crippen molar-refractivity contribution in [1.82, 2.24) is 15.3 Å². The van der Waals surface area contributed by atoms with Gasteiger partial charge < -0.3 is 10.2 Å². The quantitative estimate of drug-likeness (QED) is 0.897. The van der Waals surface area contributed by atoms with Crippen LogP contribution in [0.1, 0.15) is 5.56 Å². The number of nitrogens with zero attached hydrogens (tertiary/aromatic N) is 3. The summed E-state index contributed by atoms with van der Waals surface area (Å²) >= 11 is 0. The molecule has 0 atom stereocenters. The number of hydrogen-bond donors (Lipinski definition) is 1. The van der Waals surface area contributed by atoms with E-state index in [1.54, 1.807) is 23.4 Å². The van der Waals surface area contributed by atoms with E-state index in [0.717, 1.165) is 17.8 Å². The number of nitrogens with one attached hydrogen (secondary N) is 1. The second-order valence-corrected chi connectivity index (χ2v) is 3.96. The Kier molecular flexibility index (Phi) is 3.84. The molecule has 1 N–H and O–H groups in total. The summed E-state index contributed by atoms with van der Waals surface area (Å²) in [4.78, 5) is 10.3. The third-order valence-corrected chi connectivity index (χ3v) is 2.57. The highest BCUT2D eigenvalue weighted by Crippen LogP contribution is 2.20. The molecule has 0 radical (unpaired) electrons. The minimum Gasteiger partial charge on any atom is -0.316 e. The number of hydrogen-bond acceptors (Lipinski definition) is 4. The predicted octanol–water partition coefficient (Wildman–Crippen LogP) is 2.10. The van der Waals surface area contributed by atoms with Crippen LogP contribution in [0.15, 0.2) is 36.7 Å². The topological polar surface area (TPSA) is 41.1 Å². The van der Waals surface area contributed by atoms with Crippen molar-refractivity contribution in [2.24, 2.45) is 0 Å². The second kappa shape index (κ2) is 5.55. The summed E-state index contributed by atoms with van der Waals surface area (Å²) in [6, 6.07) is 6.34. The Morgan fingerprint density at radius 3 is 2.61 bits per heavy atom. The van der Waals surface area contributed by atoms with Gasteiger partial charge in [0.05, 0.1) is 0 Å². The number of benzene rings is 1. The normalized spacial score (nSPS) is 10.4. The van der Waals surface area contributed by atoms with Crippen LogP contribution in [0, 0.1) is 5.82 Å². The maximum absolute atomic E-state index is 13.1. The average Bonchev–Trinajstić information content (AvgIpc) is 2.39. The molecule has 2 aromatic rings. The molecule has 94 valence electrons. The summed E-state index contributed by atoms with van der Waals surface area (Å²) in [6.07, 6.45) is 3.52. The van der Waals surface area contributed by atoms with E-state index in [4.69, 9.17) is 0 Å². The molecule has 0 saturated carbocycles. The number of rotatable bonds is 4. The molecule has 1 aromatic heterocycles. The fourth-order valence-corrected chi connectivity index (χ4v) is 1.62. The summed E-state index contributed by atoms with van der Waals surface area (Å²) < 4.78 is 13.1. The van der Waals surface area contributed by atoms with Gasteiger partial charge in [0.15, 0.2) is 0 Å². The van der Waals surface area contributed by atoms with Crippen molar-refractivity contribution in [3.05, 3.63) is 48.0 Å². The Bertz CT molecular complexity index is 513. The van der Waals surface area contributed by atoms with Gasteiger partial charge in [0.25, 0.3) is 0 Å². The van der Waals surface area contributed by atoms with Gasteiger partial charge in [0.2, 0.25) is 5.95 Å². The Balaban J connectivity index is 2.20. The van der Waals surface area contributed by atoms with E-state index in [1.165, 1.54) is 12.1 Å². The highest BCUT2D eigenvalue weighted by Gasteiger charge is 2.07. The van der Waals surface area contributed by atoms with Gasteiger partial charge in [0.1, 0.15) is 5.82 Å². The molecule has 2 rings (SSSR count). The largest absolute Gasteiger partial charge is 0.316 e. The number of halogens is 1. The zero-order chi connectivity index (χ0) is 13.0. The van der Waals surface area contributed by atoms with Crippen LogP contribution < -0.4 is 10.2 Å². The molecule has 4 nitrogen and oxygen atoms in total. The zero-order valence-electron chi connectivity index (χ0n) is 10.4. The summed E-state index contributed by atoms with van der Waals surface area (Å²) in [7, 11) is 3.68. The van der Waals surface area contributed by atoms with Gasteiger partial charge >= 0.3 is 0 Å². The summed E-state index contributed by atoms with van der Waals surface area (Å²) in [5.74, 6) is 0.270. The van der Waals surface area contributed by atoms with Crippen molar-refractivity contribution in [1.29, 1.82) is 0 Å². The standard InChI is InChI=1S/C13H15FN4/c1-15-7-10-8-16-13(17-9-10)18(2)12-5-3-4-11(14)6-12/h3-6,8-9,15H,7H2,1-2H3. The van der Waals surface area contributed by atoms with Gasteiger partial charge in [-0.05, 0) is 25.2 Å². The van der Waals surface area contributed by atoms with Gasteiger partial charge in [-0.15, -0.1) is 0 Å². The SMILES string of the molecule is CNCc1cnc(N(C)c2cccc(F)c2)nc1. The van der Waals surface area contributed by atoms with Crippen molar-refractivity contribution >= 4 is 11.6 Å². The van der Waals surface area contributed by atoms with Crippen LogP contribution in [0.3, 0.4) is 0 Å². The van der Waals surface area contributed by atoms with Gasteiger partial charge in [-0.1, -0.05) is 6.07 Å². The van der Waals surface area contributed by atoms with E-state index in [1.807, 2.05) is 20.2 Å². The molecule has 0 spiro atoms. The first kappa shape index (κ1) is 12.4. The highest BCUT2D eigenvalue weighted by molar-refractivity contribution is 5.55. The molecule has 0 fully saturated rings. The van der Waals surface area contributed by atoms with Gasteiger partial charge in [-0.25, -0.2) is 14.4 Å². The highest BCUT2D eigenvalue weighted by atomic mass is 19.1. The van der Waals surface area contributed by atoms with Crippen LogP contribution in [0.5, 0.6) is 0 Å². The van der Waals surface area contributed by atoms with E-state index in [9.17, 15) is 4.39 Å². The van der Waals surface area contributed by atoms with E-state index in [-0.39, 0.29) is 5.82 Å². The molecule has 1 aromatic carbocycles. The molecule has 5 heteroatoms. The van der Waals surface area contributed by atoms with Crippen molar-refractivity contribution in [3.8, 4) is 0 Å². The van der Waals surface area contributed by atoms with Crippen LogP contribution in [0.25, 0.3) is 0 Å². The fourth-order valence-electron chi connectivity index (χ4n) is 1.62. The van der Waals surface area contributed by atoms with Crippen molar-refractivity contribution in [2.45, 2.75) is 6.54 Å². The number of aromatic nitrogens is 2. The van der Waals surface area contributed by atoms with E-state index in [0.29, 0.717) is 5.95 Å². The summed E-state index contributed by atoms with van der Waals surface area (Å²) in [5, 5.41) is 3.03. The molecule has 0 aliphatic carbocycles. The first-order valence-corrected chi connectivity index (χ1v) is 5.65. The Morgan fingerprint density at radius 1 is 1.28 bits per heavy atom. The molecule has 0 saturated heterocycles. The minimum atomic E-state index is -0.272. The molecule has 0 aliphatic heterocycles. The first-order chi connectivity index (χ1) is 8.70. The molecule has 0 unspecified atom stereocenters. The second-order valence-electron chi connectivity index (χ2n) is 3.96. The van der Waals surface area contributed by atoms with Gasteiger partial charge in [-0.2, -0.15) is 0 Å². The van der Waals surface area contributed by atoms with Crippen molar-refractivity contribution in [3.63, 3.8) is 0 Å². The lowest BCUT2D eigenvalue weighted by atomic mass is 10.3. The minimum absolute atomic E-state index is 0.272.